The molecule has 0 fully saturated rings. The molecule has 0 atom stereocenters. The second-order valence-corrected chi connectivity index (χ2v) is 6.54. The van der Waals surface area contributed by atoms with Crippen LogP contribution in [-0.4, -0.2) is 18.9 Å². The van der Waals surface area contributed by atoms with Gasteiger partial charge < -0.3 is 20.9 Å². The van der Waals surface area contributed by atoms with Crippen LogP contribution in [0, 0.1) is 5.41 Å². The van der Waals surface area contributed by atoms with Gasteiger partial charge in [0.15, 0.2) is 0 Å². The Morgan fingerprint density at radius 3 is 2.41 bits per heavy atom. The van der Waals surface area contributed by atoms with E-state index in [9.17, 15) is 4.79 Å². The molecule has 0 heterocycles. The van der Waals surface area contributed by atoms with Gasteiger partial charge in [-0.2, -0.15) is 0 Å². The minimum Gasteiger partial charge on any atom is -0.489 e. The predicted molar refractivity (Wildman–Crippen MR) is 113 cm³/mol. The molecule has 0 spiro atoms. The van der Waals surface area contributed by atoms with E-state index >= 15 is 0 Å². The number of hydrogen-bond acceptors (Lipinski definition) is 5. The molecular formula is C23H23N3O3. The SMILES string of the molecule is COC(=O)c1cc(COc2cccc(CN)c2)cc(-c2cccc(C(=N)N)c2)c1. The van der Waals surface area contributed by atoms with Crippen LogP contribution in [0.4, 0.5) is 0 Å². The third-order valence-corrected chi connectivity index (χ3v) is 4.46. The molecule has 6 heteroatoms. The molecule has 3 aromatic rings. The molecule has 3 rings (SSSR count). The van der Waals surface area contributed by atoms with Crippen LogP contribution in [0.3, 0.4) is 0 Å². The number of ether oxygens (including phenoxy) is 2. The number of carbonyl (C=O) groups is 1. The zero-order valence-electron chi connectivity index (χ0n) is 16.1. The van der Waals surface area contributed by atoms with E-state index in [0.29, 0.717) is 23.4 Å². The Bertz CT molecular complexity index is 1050. The zero-order chi connectivity index (χ0) is 20.8. The Labute approximate surface area is 169 Å². The van der Waals surface area contributed by atoms with Crippen LogP contribution in [0.25, 0.3) is 11.1 Å². The highest BCUT2D eigenvalue weighted by Crippen LogP contribution is 2.25. The quantitative estimate of drug-likeness (QED) is 0.325. The fourth-order valence-electron chi connectivity index (χ4n) is 2.97. The molecule has 0 aliphatic carbocycles. The molecule has 0 saturated carbocycles. The third kappa shape index (κ3) is 5.00. The van der Waals surface area contributed by atoms with Crippen molar-refractivity contribution in [1.82, 2.24) is 0 Å². The molecule has 0 unspecified atom stereocenters. The monoisotopic (exact) mass is 389 g/mol. The fourth-order valence-corrected chi connectivity index (χ4v) is 2.97. The van der Waals surface area contributed by atoms with Crippen molar-refractivity contribution in [2.45, 2.75) is 13.2 Å². The maximum Gasteiger partial charge on any atom is 0.337 e. The van der Waals surface area contributed by atoms with Crippen LogP contribution < -0.4 is 16.2 Å². The summed E-state index contributed by atoms with van der Waals surface area (Å²) in [5.74, 6) is 0.261. The second-order valence-electron chi connectivity index (χ2n) is 6.54. The smallest absolute Gasteiger partial charge is 0.337 e. The van der Waals surface area contributed by atoms with Crippen molar-refractivity contribution in [3.63, 3.8) is 0 Å². The van der Waals surface area contributed by atoms with E-state index in [2.05, 4.69) is 0 Å². The number of methoxy groups -OCH3 is 1. The number of carbonyl (C=O) groups excluding carboxylic acids is 1. The average molecular weight is 389 g/mol. The van der Waals surface area contributed by atoms with Crippen molar-refractivity contribution in [2.75, 3.05) is 7.11 Å². The maximum absolute atomic E-state index is 12.2. The van der Waals surface area contributed by atoms with Gasteiger partial charge in [0.05, 0.1) is 12.7 Å². The average Bonchev–Trinajstić information content (AvgIpc) is 2.77. The summed E-state index contributed by atoms with van der Waals surface area (Å²) < 4.78 is 10.8. The molecule has 6 nitrogen and oxygen atoms in total. The first-order chi connectivity index (χ1) is 14.0. The Kier molecular flexibility index (Phi) is 6.26. The molecule has 0 aromatic heterocycles. The molecule has 0 aliphatic rings. The maximum atomic E-state index is 12.2. The van der Waals surface area contributed by atoms with Gasteiger partial charge in [0.25, 0.3) is 0 Å². The normalized spacial score (nSPS) is 10.4. The standard InChI is InChI=1S/C23H23N3O3/c1-28-23(27)20-9-16(14-29-21-7-2-4-15(10-21)13-24)8-19(12-20)17-5-3-6-18(11-17)22(25)26/h2-12H,13-14,24H2,1H3,(H3,25,26). The highest BCUT2D eigenvalue weighted by atomic mass is 16.5. The molecule has 5 N–H and O–H groups in total. The number of amidine groups is 1. The van der Waals surface area contributed by atoms with Gasteiger partial charge in [-0.3, -0.25) is 5.41 Å². The summed E-state index contributed by atoms with van der Waals surface area (Å²) in [4.78, 5) is 12.2. The van der Waals surface area contributed by atoms with E-state index < -0.39 is 5.97 Å². The lowest BCUT2D eigenvalue weighted by Gasteiger charge is -2.12. The van der Waals surface area contributed by atoms with Crippen LogP contribution >= 0.6 is 0 Å². The molecule has 0 radical (unpaired) electrons. The van der Waals surface area contributed by atoms with Gasteiger partial charge in [0.1, 0.15) is 18.2 Å². The molecule has 0 saturated heterocycles. The summed E-state index contributed by atoms with van der Waals surface area (Å²) in [5, 5.41) is 7.65. The highest BCUT2D eigenvalue weighted by Gasteiger charge is 2.11. The Morgan fingerprint density at radius 2 is 1.69 bits per heavy atom. The van der Waals surface area contributed by atoms with Gasteiger partial charge in [-0.25, -0.2) is 4.79 Å². The summed E-state index contributed by atoms with van der Waals surface area (Å²) in [6, 6.07) is 20.3. The lowest BCUT2D eigenvalue weighted by molar-refractivity contribution is 0.0600. The Hall–Kier alpha value is -3.64. The molecule has 3 aromatic carbocycles. The lowest BCUT2D eigenvalue weighted by Crippen LogP contribution is -2.10. The number of hydrogen-bond donors (Lipinski definition) is 3. The highest BCUT2D eigenvalue weighted by molar-refractivity contribution is 5.96. The van der Waals surface area contributed by atoms with Crippen molar-refractivity contribution in [2.24, 2.45) is 11.5 Å². The van der Waals surface area contributed by atoms with Crippen LogP contribution in [-0.2, 0) is 17.9 Å². The number of esters is 1. The Morgan fingerprint density at radius 1 is 0.931 bits per heavy atom. The zero-order valence-corrected chi connectivity index (χ0v) is 16.1. The number of rotatable bonds is 7. The van der Waals surface area contributed by atoms with Gasteiger partial charge in [-0.15, -0.1) is 0 Å². The van der Waals surface area contributed by atoms with Crippen molar-refractivity contribution < 1.29 is 14.3 Å². The van der Waals surface area contributed by atoms with Gasteiger partial charge in [0, 0.05) is 12.1 Å². The predicted octanol–water partition coefficient (Wildman–Crippen LogP) is 3.46. The number of benzene rings is 3. The minimum absolute atomic E-state index is 0.0145. The summed E-state index contributed by atoms with van der Waals surface area (Å²) in [6.07, 6.45) is 0. The molecular weight excluding hydrogens is 366 g/mol. The number of nitrogens with one attached hydrogen (secondary N) is 1. The molecule has 29 heavy (non-hydrogen) atoms. The van der Waals surface area contributed by atoms with Crippen LogP contribution in [0.15, 0.2) is 66.7 Å². The van der Waals surface area contributed by atoms with E-state index in [4.69, 9.17) is 26.4 Å². The van der Waals surface area contributed by atoms with Crippen molar-refractivity contribution in [3.8, 4) is 16.9 Å². The van der Waals surface area contributed by atoms with Crippen molar-refractivity contribution in [1.29, 1.82) is 5.41 Å². The van der Waals surface area contributed by atoms with Crippen LogP contribution in [0.5, 0.6) is 5.75 Å². The van der Waals surface area contributed by atoms with Gasteiger partial charge in [-0.05, 0) is 58.7 Å². The van der Waals surface area contributed by atoms with Crippen LogP contribution in [0.2, 0.25) is 0 Å². The van der Waals surface area contributed by atoms with Gasteiger partial charge >= 0.3 is 5.97 Å². The van der Waals surface area contributed by atoms with E-state index in [0.717, 1.165) is 22.3 Å². The Balaban J connectivity index is 1.94. The number of nitrogen functional groups attached to an aromatic ring is 1. The molecule has 148 valence electrons. The first kappa shape index (κ1) is 20.1. The van der Waals surface area contributed by atoms with E-state index in [1.54, 1.807) is 18.2 Å². The number of nitrogens with two attached hydrogens (primary N) is 2. The molecule has 0 bridgehead atoms. The topological polar surface area (TPSA) is 111 Å². The van der Waals surface area contributed by atoms with E-state index in [-0.39, 0.29) is 12.4 Å². The van der Waals surface area contributed by atoms with Crippen LogP contribution in [0.1, 0.15) is 27.0 Å². The molecule has 0 amide bonds. The second kappa shape index (κ2) is 9.03. The summed E-state index contributed by atoms with van der Waals surface area (Å²) in [6.45, 7) is 0.712. The fraction of sp³-hybridized carbons (Fsp3) is 0.130. The summed E-state index contributed by atoms with van der Waals surface area (Å²) in [5.41, 5.74) is 15.8. The minimum atomic E-state index is -0.430. The summed E-state index contributed by atoms with van der Waals surface area (Å²) >= 11 is 0. The van der Waals surface area contributed by atoms with E-state index in [1.165, 1.54) is 7.11 Å². The molecule has 0 aliphatic heterocycles. The van der Waals surface area contributed by atoms with E-state index in [1.807, 2.05) is 48.5 Å². The largest absolute Gasteiger partial charge is 0.489 e. The first-order valence-electron chi connectivity index (χ1n) is 9.09. The van der Waals surface area contributed by atoms with Gasteiger partial charge in [0.2, 0.25) is 0 Å². The van der Waals surface area contributed by atoms with Crippen molar-refractivity contribution >= 4 is 11.8 Å². The third-order valence-electron chi connectivity index (χ3n) is 4.46. The van der Waals surface area contributed by atoms with Crippen molar-refractivity contribution in [3.05, 3.63) is 89.0 Å². The summed E-state index contributed by atoms with van der Waals surface area (Å²) in [7, 11) is 1.35. The first-order valence-corrected chi connectivity index (χ1v) is 9.09. The van der Waals surface area contributed by atoms with Gasteiger partial charge in [-0.1, -0.05) is 30.3 Å². The lowest BCUT2D eigenvalue weighted by atomic mass is 9.98.